The van der Waals surface area contributed by atoms with E-state index in [0.29, 0.717) is 13.2 Å². The molecule has 92 valence electrons. The van der Waals surface area contributed by atoms with Crippen LogP contribution in [0.5, 0.6) is 0 Å². The van der Waals surface area contributed by atoms with Gasteiger partial charge < -0.3 is 10.5 Å². The minimum atomic E-state index is -0.254. The second-order valence-corrected chi connectivity index (χ2v) is 4.18. The molecule has 0 aromatic heterocycles. The van der Waals surface area contributed by atoms with E-state index in [4.69, 9.17) is 10.5 Å². The van der Waals surface area contributed by atoms with Crippen LogP contribution in [0.4, 0.5) is 0 Å². The van der Waals surface area contributed by atoms with E-state index in [0.717, 1.165) is 0 Å². The number of amides is 2. The topological polar surface area (TPSA) is 72.6 Å². The maximum atomic E-state index is 11.8. The first-order valence-corrected chi connectivity index (χ1v) is 5.69. The highest BCUT2D eigenvalue weighted by atomic mass is 16.5. The largest absolute Gasteiger partial charge is 0.375 e. The lowest BCUT2D eigenvalue weighted by atomic mass is 10.00. The molecule has 1 saturated heterocycles. The number of likely N-dealkylation sites (tertiary alicyclic amines) is 1. The zero-order valence-electron chi connectivity index (χ0n) is 10.1. The van der Waals surface area contributed by atoms with Crippen molar-refractivity contribution in [3.8, 4) is 0 Å². The maximum Gasteiger partial charge on any atom is 0.232 e. The fourth-order valence-corrected chi connectivity index (χ4v) is 1.84. The number of carbonyl (C=O) groups is 2. The summed E-state index contributed by atoms with van der Waals surface area (Å²) in [6, 6.07) is 0. The van der Waals surface area contributed by atoms with E-state index in [1.165, 1.54) is 4.90 Å². The molecular weight excluding hydrogens is 208 g/mol. The molecule has 5 heteroatoms. The van der Waals surface area contributed by atoms with Gasteiger partial charge in [-0.2, -0.15) is 0 Å². The minimum absolute atomic E-state index is 0.115. The molecule has 0 aromatic carbocycles. The highest BCUT2D eigenvalue weighted by molar-refractivity contribution is 6.04. The summed E-state index contributed by atoms with van der Waals surface area (Å²) >= 11 is 0. The fourth-order valence-electron chi connectivity index (χ4n) is 1.84. The molecule has 3 atom stereocenters. The Balaban J connectivity index is 2.66. The van der Waals surface area contributed by atoms with Crippen molar-refractivity contribution in [2.24, 2.45) is 17.6 Å². The molecule has 0 bridgehead atoms. The third-order valence-corrected chi connectivity index (χ3v) is 3.11. The lowest BCUT2D eigenvalue weighted by Crippen LogP contribution is -2.41. The molecule has 1 fully saturated rings. The van der Waals surface area contributed by atoms with Crippen molar-refractivity contribution in [3.63, 3.8) is 0 Å². The fraction of sp³-hybridized carbons (Fsp3) is 0.818. The van der Waals surface area contributed by atoms with Gasteiger partial charge in [-0.05, 0) is 6.92 Å². The van der Waals surface area contributed by atoms with Crippen LogP contribution < -0.4 is 5.73 Å². The zero-order valence-corrected chi connectivity index (χ0v) is 10.1. The van der Waals surface area contributed by atoms with Gasteiger partial charge in [-0.3, -0.25) is 14.5 Å². The van der Waals surface area contributed by atoms with Crippen molar-refractivity contribution in [2.75, 3.05) is 19.7 Å². The first-order valence-electron chi connectivity index (χ1n) is 5.69. The molecule has 1 aliphatic rings. The summed E-state index contributed by atoms with van der Waals surface area (Å²) in [6.45, 7) is 6.54. The first kappa shape index (κ1) is 13.1. The molecule has 0 saturated carbocycles. The van der Waals surface area contributed by atoms with Crippen LogP contribution in [0, 0.1) is 11.8 Å². The van der Waals surface area contributed by atoms with E-state index in [9.17, 15) is 9.59 Å². The van der Waals surface area contributed by atoms with E-state index in [-0.39, 0.29) is 36.3 Å². The minimum Gasteiger partial charge on any atom is -0.375 e. The third kappa shape index (κ3) is 2.41. The Morgan fingerprint density at radius 1 is 1.31 bits per heavy atom. The van der Waals surface area contributed by atoms with Gasteiger partial charge in [0.25, 0.3) is 0 Å². The summed E-state index contributed by atoms with van der Waals surface area (Å²) in [4.78, 5) is 24.9. The summed E-state index contributed by atoms with van der Waals surface area (Å²) in [5.41, 5.74) is 5.52. The highest BCUT2D eigenvalue weighted by Gasteiger charge is 2.42. The van der Waals surface area contributed by atoms with Gasteiger partial charge in [0.1, 0.15) is 0 Å². The van der Waals surface area contributed by atoms with Crippen molar-refractivity contribution >= 4 is 11.8 Å². The average molecular weight is 228 g/mol. The SMILES string of the molecule is CCOC(CN)CN1C(=O)C(C)C(C)C1=O. The number of hydrogen-bond donors (Lipinski definition) is 1. The molecular formula is C11H20N2O3. The number of carbonyl (C=O) groups excluding carboxylic acids is 2. The van der Waals surface area contributed by atoms with Crippen LogP contribution in [-0.4, -0.2) is 42.5 Å². The molecule has 0 spiro atoms. The van der Waals surface area contributed by atoms with Gasteiger partial charge in [0.15, 0.2) is 0 Å². The van der Waals surface area contributed by atoms with Crippen molar-refractivity contribution in [1.82, 2.24) is 4.90 Å². The molecule has 2 N–H and O–H groups in total. The van der Waals surface area contributed by atoms with Crippen LogP contribution in [0.1, 0.15) is 20.8 Å². The standard InChI is InChI=1S/C11H20N2O3/c1-4-16-9(5-12)6-13-10(14)7(2)8(3)11(13)15/h7-9H,4-6,12H2,1-3H3. The summed E-state index contributed by atoms with van der Waals surface area (Å²) in [7, 11) is 0. The monoisotopic (exact) mass is 228 g/mol. The molecule has 1 rings (SSSR count). The van der Waals surface area contributed by atoms with E-state index in [1.54, 1.807) is 13.8 Å². The number of hydrogen-bond acceptors (Lipinski definition) is 4. The number of nitrogens with zero attached hydrogens (tertiary/aromatic N) is 1. The Bertz CT molecular complexity index is 260. The van der Waals surface area contributed by atoms with Crippen LogP contribution >= 0.6 is 0 Å². The van der Waals surface area contributed by atoms with Crippen molar-refractivity contribution < 1.29 is 14.3 Å². The van der Waals surface area contributed by atoms with Gasteiger partial charge in [0, 0.05) is 25.0 Å². The molecule has 2 amide bonds. The Labute approximate surface area is 95.9 Å². The number of rotatable bonds is 5. The van der Waals surface area contributed by atoms with Gasteiger partial charge >= 0.3 is 0 Å². The zero-order chi connectivity index (χ0) is 12.3. The van der Waals surface area contributed by atoms with Gasteiger partial charge in [-0.15, -0.1) is 0 Å². The van der Waals surface area contributed by atoms with E-state index >= 15 is 0 Å². The quantitative estimate of drug-likeness (QED) is 0.672. The Morgan fingerprint density at radius 2 is 1.81 bits per heavy atom. The van der Waals surface area contributed by atoms with Crippen LogP contribution in [0.25, 0.3) is 0 Å². The smallest absolute Gasteiger partial charge is 0.232 e. The average Bonchev–Trinajstić information content (AvgIpc) is 2.46. The molecule has 1 aliphatic heterocycles. The maximum absolute atomic E-state index is 11.8. The summed E-state index contributed by atoms with van der Waals surface area (Å²) in [5, 5.41) is 0. The second kappa shape index (κ2) is 5.41. The van der Waals surface area contributed by atoms with Crippen LogP contribution in [-0.2, 0) is 14.3 Å². The number of nitrogens with two attached hydrogens (primary N) is 1. The Morgan fingerprint density at radius 3 is 2.19 bits per heavy atom. The van der Waals surface area contributed by atoms with Gasteiger partial charge in [0.2, 0.25) is 11.8 Å². The van der Waals surface area contributed by atoms with E-state index < -0.39 is 0 Å². The predicted molar refractivity (Wildman–Crippen MR) is 59.5 cm³/mol. The lowest BCUT2D eigenvalue weighted by Gasteiger charge is -2.21. The molecule has 16 heavy (non-hydrogen) atoms. The van der Waals surface area contributed by atoms with Crippen LogP contribution in [0.3, 0.4) is 0 Å². The number of imide groups is 1. The Kier molecular flexibility index (Phi) is 4.44. The molecule has 5 nitrogen and oxygen atoms in total. The van der Waals surface area contributed by atoms with E-state index in [1.807, 2.05) is 6.92 Å². The van der Waals surface area contributed by atoms with Gasteiger partial charge in [-0.25, -0.2) is 0 Å². The lowest BCUT2D eigenvalue weighted by molar-refractivity contribution is -0.141. The predicted octanol–water partition coefficient (Wildman–Crippen LogP) is -0.00880. The van der Waals surface area contributed by atoms with E-state index in [2.05, 4.69) is 0 Å². The van der Waals surface area contributed by atoms with Crippen molar-refractivity contribution in [3.05, 3.63) is 0 Å². The Hall–Kier alpha value is -0.940. The highest BCUT2D eigenvalue weighted by Crippen LogP contribution is 2.25. The van der Waals surface area contributed by atoms with Crippen LogP contribution in [0.15, 0.2) is 0 Å². The molecule has 3 unspecified atom stereocenters. The number of ether oxygens (including phenoxy) is 1. The normalized spacial score (nSPS) is 27.6. The summed E-state index contributed by atoms with van der Waals surface area (Å²) in [6.07, 6.45) is -0.254. The molecule has 0 aromatic rings. The van der Waals surface area contributed by atoms with Gasteiger partial charge in [-0.1, -0.05) is 13.8 Å². The van der Waals surface area contributed by atoms with Gasteiger partial charge in [0.05, 0.1) is 12.6 Å². The second-order valence-electron chi connectivity index (χ2n) is 4.18. The first-order chi connectivity index (χ1) is 7.52. The van der Waals surface area contributed by atoms with Crippen molar-refractivity contribution in [2.45, 2.75) is 26.9 Å². The third-order valence-electron chi connectivity index (χ3n) is 3.11. The molecule has 0 aliphatic carbocycles. The summed E-state index contributed by atoms with van der Waals surface area (Å²) in [5.74, 6) is -0.689. The molecule has 0 radical (unpaired) electrons. The van der Waals surface area contributed by atoms with Crippen LogP contribution in [0.2, 0.25) is 0 Å². The summed E-state index contributed by atoms with van der Waals surface area (Å²) < 4.78 is 5.35. The van der Waals surface area contributed by atoms with Crippen molar-refractivity contribution in [1.29, 1.82) is 0 Å². The molecule has 1 heterocycles.